The highest BCUT2D eigenvalue weighted by Gasteiger charge is 2.46. The lowest BCUT2D eigenvalue weighted by Crippen LogP contribution is -2.26. The smallest absolute Gasteiger partial charge is 0.00222 e. The van der Waals surface area contributed by atoms with Crippen LogP contribution in [-0.2, 0) is 0 Å². The molecule has 0 aliphatic heterocycles. The minimum Gasteiger partial charge on any atom is -0.0836 e. The van der Waals surface area contributed by atoms with Crippen LogP contribution in [0.3, 0.4) is 0 Å². The Morgan fingerprint density at radius 2 is 1.77 bits per heavy atom. The fraction of sp³-hybridized carbons (Fsp3) is 0.440. The summed E-state index contributed by atoms with van der Waals surface area (Å²) in [5.74, 6) is 2.01. The third-order valence-corrected chi connectivity index (χ3v) is 8.13. The molecule has 0 bridgehead atoms. The van der Waals surface area contributed by atoms with E-state index in [-0.39, 0.29) is 0 Å². The Morgan fingerprint density at radius 3 is 2.65 bits per heavy atom. The summed E-state index contributed by atoms with van der Waals surface area (Å²) in [5.41, 5.74) is 8.36. The first-order valence-corrected chi connectivity index (χ1v) is 11.2. The van der Waals surface area contributed by atoms with Crippen LogP contribution in [0.2, 0.25) is 0 Å². The van der Waals surface area contributed by atoms with Crippen LogP contribution in [0.1, 0.15) is 46.0 Å². The second-order valence-corrected chi connectivity index (χ2v) is 10.4. The van der Waals surface area contributed by atoms with E-state index in [2.05, 4.69) is 85.0 Å². The largest absolute Gasteiger partial charge is 0.0836 e. The first kappa shape index (κ1) is 17.0. The van der Waals surface area contributed by atoms with E-state index in [9.17, 15) is 0 Å². The highest BCUT2D eigenvalue weighted by molar-refractivity contribution is 14.1. The topological polar surface area (TPSA) is 0 Å². The van der Waals surface area contributed by atoms with Crippen LogP contribution in [0.25, 0.3) is 0 Å². The van der Waals surface area contributed by atoms with Gasteiger partial charge in [-0.3, -0.25) is 0 Å². The van der Waals surface area contributed by atoms with Crippen molar-refractivity contribution in [3.63, 3.8) is 0 Å². The molecule has 5 rings (SSSR count). The Morgan fingerprint density at radius 1 is 0.962 bits per heavy atom. The molecule has 0 heterocycles. The lowest BCUT2D eigenvalue weighted by atomic mass is 9.69. The number of rotatable bonds is 1. The summed E-state index contributed by atoms with van der Waals surface area (Å²) in [5, 5.41) is 0. The molecular formula is C25H27I. The standard InChI is InChI=1S/C25H27I/c1-25(2)23-14-19(18-8-7-16-5-3-4-6-17(16)13-18)9-11-21(23)22-12-10-20(26)15-24(22)25/h3,5,7-12,18-19,24H,4,6,13-15H2,1-2H3. The summed E-state index contributed by atoms with van der Waals surface area (Å²) in [4.78, 5) is 0. The first-order chi connectivity index (χ1) is 12.5. The molecule has 0 radical (unpaired) electrons. The predicted octanol–water partition coefficient (Wildman–Crippen LogP) is 7.39. The Bertz CT molecular complexity index is 866. The van der Waals surface area contributed by atoms with Gasteiger partial charge in [0.05, 0.1) is 0 Å². The van der Waals surface area contributed by atoms with E-state index in [4.69, 9.17) is 0 Å². The van der Waals surface area contributed by atoms with Crippen molar-refractivity contribution in [1.29, 1.82) is 0 Å². The molecule has 3 unspecified atom stereocenters. The van der Waals surface area contributed by atoms with E-state index in [0.29, 0.717) is 23.2 Å². The van der Waals surface area contributed by atoms with Crippen molar-refractivity contribution in [3.8, 4) is 0 Å². The van der Waals surface area contributed by atoms with Gasteiger partial charge in [-0.05, 0) is 98.2 Å². The molecule has 0 spiro atoms. The van der Waals surface area contributed by atoms with Crippen molar-refractivity contribution in [3.05, 3.63) is 80.1 Å². The van der Waals surface area contributed by atoms with Gasteiger partial charge in [0.2, 0.25) is 0 Å². The molecule has 0 saturated heterocycles. The number of halogens is 1. The van der Waals surface area contributed by atoms with Gasteiger partial charge >= 0.3 is 0 Å². The molecule has 0 aromatic carbocycles. The van der Waals surface area contributed by atoms with E-state index in [0.717, 1.165) is 0 Å². The average molecular weight is 454 g/mol. The van der Waals surface area contributed by atoms with E-state index < -0.39 is 0 Å². The Hall–Kier alpha value is -1.09. The lowest BCUT2D eigenvalue weighted by Gasteiger charge is -2.36. The Kier molecular flexibility index (Phi) is 4.08. The van der Waals surface area contributed by atoms with Crippen molar-refractivity contribution < 1.29 is 0 Å². The van der Waals surface area contributed by atoms with E-state index in [1.165, 1.54) is 41.3 Å². The minimum absolute atomic E-state index is 0.297. The highest BCUT2D eigenvalue weighted by atomic mass is 127. The van der Waals surface area contributed by atoms with Gasteiger partial charge in [-0.25, -0.2) is 0 Å². The van der Waals surface area contributed by atoms with Crippen molar-refractivity contribution >= 4 is 22.6 Å². The number of hydrogen-bond donors (Lipinski definition) is 0. The number of fused-ring (bicyclic) bond motifs is 2. The molecule has 134 valence electrons. The van der Waals surface area contributed by atoms with Crippen molar-refractivity contribution in [1.82, 2.24) is 0 Å². The van der Waals surface area contributed by atoms with Gasteiger partial charge in [0.1, 0.15) is 0 Å². The SMILES string of the molecule is CC1(C)C2=C(C=CC(C3C=CC4=C(CCC=C4)C3)C2)C2=CC=C(I)CC21. The zero-order valence-corrected chi connectivity index (χ0v) is 17.9. The maximum absolute atomic E-state index is 2.53. The van der Waals surface area contributed by atoms with E-state index in [1.54, 1.807) is 22.3 Å². The normalized spacial score (nSPS) is 34.3. The predicted molar refractivity (Wildman–Crippen MR) is 119 cm³/mol. The fourth-order valence-corrected chi connectivity index (χ4v) is 6.33. The van der Waals surface area contributed by atoms with Gasteiger partial charge in [-0.15, -0.1) is 0 Å². The molecule has 0 amide bonds. The van der Waals surface area contributed by atoms with Crippen LogP contribution in [0.15, 0.2) is 80.1 Å². The number of allylic oxidation sites excluding steroid dienone is 14. The summed E-state index contributed by atoms with van der Waals surface area (Å²) >= 11 is 2.52. The van der Waals surface area contributed by atoms with Gasteiger partial charge in [0.15, 0.2) is 0 Å². The van der Waals surface area contributed by atoms with Gasteiger partial charge in [0.25, 0.3) is 0 Å². The summed E-state index contributed by atoms with van der Waals surface area (Å²) in [6, 6.07) is 0. The molecule has 1 heteroatoms. The van der Waals surface area contributed by atoms with E-state index >= 15 is 0 Å². The summed E-state index contributed by atoms with van der Waals surface area (Å²) in [6.07, 6.45) is 25.5. The monoisotopic (exact) mass is 454 g/mol. The quantitative estimate of drug-likeness (QED) is 0.363. The second-order valence-electron chi connectivity index (χ2n) is 9.06. The molecule has 0 saturated carbocycles. The molecule has 5 aliphatic carbocycles. The molecule has 0 nitrogen and oxygen atoms in total. The van der Waals surface area contributed by atoms with Crippen LogP contribution in [0.5, 0.6) is 0 Å². The third kappa shape index (κ3) is 2.61. The molecule has 0 fully saturated rings. The molecule has 0 aromatic rings. The maximum Gasteiger partial charge on any atom is -0.00222 e. The zero-order valence-electron chi connectivity index (χ0n) is 15.8. The summed E-state index contributed by atoms with van der Waals surface area (Å²) in [6.45, 7) is 4.98. The zero-order chi connectivity index (χ0) is 17.9. The highest BCUT2D eigenvalue weighted by Crippen LogP contribution is 2.58. The molecule has 0 aromatic heterocycles. The molecule has 5 aliphatic rings. The minimum atomic E-state index is 0.297. The van der Waals surface area contributed by atoms with Crippen LogP contribution in [-0.4, -0.2) is 0 Å². The fourth-order valence-electron chi connectivity index (χ4n) is 5.71. The van der Waals surface area contributed by atoms with Gasteiger partial charge < -0.3 is 0 Å². The molecule has 3 atom stereocenters. The average Bonchev–Trinajstić information content (AvgIpc) is 2.88. The Balaban J connectivity index is 1.42. The molecule has 26 heavy (non-hydrogen) atoms. The summed E-state index contributed by atoms with van der Waals surface area (Å²) in [7, 11) is 0. The first-order valence-electron chi connectivity index (χ1n) is 10.1. The Labute approximate surface area is 171 Å². The summed E-state index contributed by atoms with van der Waals surface area (Å²) < 4.78 is 1.50. The van der Waals surface area contributed by atoms with Gasteiger partial charge in [-0.2, -0.15) is 0 Å². The molecule has 0 N–H and O–H groups in total. The third-order valence-electron chi connectivity index (χ3n) is 7.33. The maximum atomic E-state index is 2.53. The van der Waals surface area contributed by atoms with Gasteiger partial charge in [-0.1, -0.05) is 73.6 Å². The van der Waals surface area contributed by atoms with Crippen LogP contribution in [0, 0.1) is 23.2 Å². The van der Waals surface area contributed by atoms with Crippen molar-refractivity contribution in [2.75, 3.05) is 0 Å². The van der Waals surface area contributed by atoms with Crippen molar-refractivity contribution in [2.24, 2.45) is 23.2 Å². The second kappa shape index (κ2) is 6.22. The lowest BCUT2D eigenvalue weighted by molar-refractivity contribution is 0.305. The van der Waals surface area contributed by atoms with Crippen LogP contribution >= 0.6 is 22.6 Å². The van der Waals surface area contributed by atoms with Crippen LogP contribution in [0.4, 0.5) is 0 Å². The van der Waals surface area contributed by atoms with Crippen molar-refractivity contribution in [2.45, 2.75) is 46.0 Å². The van der Waals surface area contributed by atoms with Crippen LogP contribution < -0.4 is 0 Å². The molecular weight excluding hydrogens is 427 g/mol. The number of hydrogen-bond acceptors (Lipinski definition) is 0. The van der Waals surface area contributed by atoms with Gasteiger partial charge in [0, 0.05) is 0 Å². The van der Waals surface area contributed by atoms with E-state index in [1.807, 2.05) is 0 Å².